The zero-order valence-corrected chi connectivity index (χ0v) is 15.7. The van der Waals surface area contributed by atoms with Crippen LogP contribution in [0.1, 0.15) is 17.3 Å². The summed E-state index contributed by atoms with van der Waals surface area (Å²) in [5.74, 6) is -0.0647. The maximum atomic E-state index is 12.7. The van der Waals surface area contributed by atoms with Gasteiger partial charge in [0, 0.05) is 45.0 Å². The lowest BCUT2D eigenvalue weighted by Gasteiger charge is -2.34. The number of nitrogens with zero attached hydrogens (tertiary/aromatic N) is 3. The number of rotatable bonds is 3. The van der Waals surface area contributed by atoms with Crippen LogP contribution in [-0.2, 0) is 4.79 Å². The number of nitrogens with one attached hydrogen (secondary N) is 1. The van der Waals surface area contributed by atoms with E-state index in [0.29, 0.717) is 47.5 Å². The number of aromatic nitrogens is 1. The third-order valence-corrected chi connectivity index (χ3v) is 4.94. The first kappa shape index (κ1) is 18.5. The molecule has 8 heteroatoms. The molecule has 1 aromatic heterocycles. The molecule has 6 nitrogen and oxygen atoms in total. The molecule has 0 atom stereocenters. The fourth-order valence-electron chi connectivity index (χ4n) is 2.77. The number of pyridine rings is 1. The molecule has 1 fully saturated rings. The zero-order chi connectivity index (χ0) is 18.7. The van der Waals surface area contributed by atoms with Crippen molar-refractivity contribution in [1.29, 1.82) is 0 Å². The van der Waals surface area contributed by atoms with E-state index in [1.807, 2.05) is 0 Å². The molecule has 0 spiro atoms. The van der Waals surface area contributed by atoms with Crippen LogP contribution in [0, 0.1) is 0 Å². The Morgan fingerprint density at radius 1 is 0.962 bits per heavy atom. The lowest BCUT2D eigenvalue weighted by atomic mass is 10.2. The highest BCUT2D eigenvalue weighted by molar-refractivity contribution is 6.42. The van der Waals surface area contributed by atoms with Crippen LogP contribution in [0.2, 0.25) is 10.0 Å². The number of halogens is 2. The van der Waals surface area contributed by atoms with E-state index in [-0.39, 0.29) is 11.8 Å². The van der Waals surface area contributed by atoms with Gasteiger partial charge in [0.25, 0.3) is 5.91 Å². The van der Waals surface area contributed by atoms with Crippen molar-refractivity contribution in [3.8, 4) is 0 Å². The summed E-state index contributed by atoms with van der Waals surface area (Å²) in [6.45, 7) is 3.68. The molecule has 0 aliphatic carbocycles. The highest BCUT2D eigenvalue weighted by atomic mass is 35.5. The molecule has 0 radical (unpaired) electrons. The standard InChI is InChI=1S/C18H18Cl2N4O2/c1-12(25)23-4-6-24(7-5-23)18(26)13-8-15(11-21-10-13)22-14-2-3-16(19)17(20)9-14/h2-3,8-11,22H,4-7H2,1H3. The van der Waals surface area contributed by atoms with E-state index in [1.54, 1.807) is 53.4 Å². The largest absolute Gasteiger partial charge is 0.354 e. The summed E-state index contributed by atoms with van der Waals surface area (Å²) >= 11 is 11.9. The maximum absolute atomic E-state index is 12.7. The van der Waals surface area contributed by atoms with Crippen LogP contribution in [0.5, 0.6) is 0 Å². The summed E-state index contributed by atoms with van der Waals surface area (Å²) in [7, 11) is 0. The van der Waals surface area contributed by atoms with Crippen LogP contribution in [-0.4, -0.2) is 52.8 Å². The Hall–Kier alpha value is -2.31. The highest BCUT2D eigenvalue weighted by Crippen LogP contribution is 2.27. The SMILES string of the molecule is CC(=O)N1CCN(C(=O)c2cncc(Nc3ccc(Cl)c(Cl)c3)c2)CC1. The molecule has 26 heavy (non-hydrogen) atoms. The Labute approximate surface area is 161 Å². The minimum absolute atomic E-state index is 0.0339. The van der Waals surface area contributed by atoms with Gasteiger partial charge in [0.05, 0.1) is 27.5 Å². The molecule has 1 aliphatic heterocycles. The summed E-state index contributed by atoms with van der Waals surface area (Å²) < 4.78 is 0. The van der Waals surface area contributed by atoms with Gasteiger partial charge in [0.15, 0.2) is 0 Å². The smallest absolute Gasteiger partial charge is 0.255 e. The van der Waals surface area contributed by atoms with Gasteiger partial charge in [0.1, 0.15) is 0 Å². The van der Waals surface area contributed by atoms with Crippen LogP contribution in [0.3, 0.4) is 0 Å². The van der Waals surface area contributed by atoms with Gasteiger partial charge in [0.2, 0.25) is 5.91 Å². The van der Waals surface area contributed by atoms with Crippen LogP contribution >= 0.6 is 23.2 Å². The number of carbonyl (C=O) groups is 2. The average molecular weight is 393 g/mol. The third-order valence-electron chi connectivity index (χ3n) is 4.21. The van der Waals surface area contributed by atoms with Gasteiger partial charge >= 0.3 is 0 Å². The predicted octanol–water partition coefficient (Wildman–Crippen LogP) is 3.44. The zero-order valence-electron chi connectivity index (χ0n) is 14.2. The number of amides is 2. The predicted molar refractivity (Wildman–Crippen MR) is 102 cm³/mol. The molecule has 136 valence electrons. The first-order valence-corrected chi connectivity index (χ1v) is 8.91. The molecule has 0 saturated carbocycles. The van der Waals surface area contributed by atoms with E-state index < -0.39 is 0 Å². The number of benzene rings is 1. The molecule has 3 rings (SSSR count). The number of anilines is 2. The number of hydrogen-bond acceptors (Lipinski definition) is 4. The van der Waals surface area contributed by atoms with Crippen LogP contribution in [0.25, 0.3) is 0 Å². The van der Waals surface area contributed by atoms with Crippen molar-refractivity contribution in [3.05, 3.63) is 52.3 Å². The minimum Gasteiger partial charge on any atom is -0.354 e. The summed E-state index contributed by atoms with van der Waals surface area (Å²) in [5.41, 5.74) is 1.92. The van der Waals surface area contributed by atoms with Crippen LogP contribution in [0.4, 0.5) is 11.4 Å². The normalized spacial score (nSPS) is 14.3. The lowest BCUT2D eigenvalue weighted by molar-refractivity contribution is -0.130. The summed E-state index contributed by atoms with van der Waals surface area (Å²) in [6, 6.07) is 6.95. The van der Waals surface area contributed by atoms with E-state index in [0.717, 1.165) is 5.69 Å². The van der Waals surface area contributed by atoms with Crippen molar-refractivity contribution >= 4 is 46.4 Å². The van der Waals surface area contributed by atoms with Gasteiger partial charge in [-0.2, -0.15) is 0 Å². The molecular weight excluding hydrogens is 375 g/mol. The number of piperazine rings is 1. The van der Waals surface area contributed by atoms with Crippen molar-refractivity contribution in [2.75, 3.05) is 31.5 Å². The molecular formula is C18H18Cl2N4O2. The summed E-state index contributed by atoms with van der Waals surface area (Å²) in [5, 5.41) is 4.08. The first-order chi connectivity index (χ1) is 12.4. The first-order valence-electron chi connectivity index (χ1n) is 8.16. The number of carbonyl (C=O) groups excluding carboxylic acids is 2. The van der Waals surface area contributed by atoms with Crippen molar-refractivity contribution < 1.29 is 9.59 Å². The molecule has 1 N–H and O–H groups in total. The second-order valence-corrected chi connectivity index (χ2v) is 6.83. The maximum Gasteiger partial charge on any atom is 0.255 e. The van der Waals surface area contributed by atoms with Crippen molar-refractivity contribution in [1.82, 2.24) is 14.8 Å². The fraction of sp³-hybridized carbons (Fsp3) is 0.278. The topological polar surface area (TPSA) is 65.5 Å². The van der Waals surface area contributed by atoms with Gasteiger partial charge in [-0.3, -0.25) is 14.6 Å². The Kier molecular flexibility index (Phi) is 5.64. The van der Waals surface area contributed by atoms with Gasteiger partial charge in [-0.05, 0) is 24.3 Å². The molecule has 2 amide bonds. The minimum atomic E-state index is -0.0986. The Morgan fingerprint density at radius 2 is 1.65 bits per heavy atom. The Morgan fingerprint density at radius 3 is 2.31 bits per heavy atom. The van der Waals surface area contributed by atoms with Gasteiger partial charge in [-0.25, -0.2) is 0 Å². The average Bonchev–Trinajstić information content (AvgIpc) is 2.64. The van der Waals surface area contributed by atoms with Crippen LogP contribution in [0.15, 0.2) is 36.7 Å². The highest BCUT2D eigenvalue weighted by Gasteiger charge is 2.23. The molecule has 1 aromatic carbocycles. The van der Waals surface area contributed by atoms with Crippen molar-refractivity contribution in [2.45, 2.75) is 6.92 Å². The van der Waals surface area contributed by atoms with E-state index in [2.05, 4.69) is 10.3 Å². The van der Waals surface area contributed by atoms with Crippen molar-refractivity contribution in [2.24, 2.45) is 0 Å². The van der Waals surface area contributed by atoms with Gasteiger partial charge in [-0.15, -0.1) is 0 Å². The van der Waals surface area contributed by atoms with E-state index in [1.165, 1.54) is 0 Å². The molecule has 1 saturated heterocycles. The monoisotopic (exact) mass is 392 g/mol. The molecule has 1 aliphatic rings. The quantitative estimate of drug-likeness (QED) is 0.868. The number of hydrogen-bond donors (Lipinski definition) is 1. The molecule has 2 heterocycles. The fourth-order valence-corrected chi connectivity index (χ4v) is 3.07. The van der Waals surface area contributed by atoms with Gasteiger partial charge < -0.3 is 15.1 Å². The third kappa shape index (κ3) is 4.26. The lowest BCUT2D eigenvalue weighted by Crippen LogP contribution is -2.50. The van der Waals surface area contributed by atoms with E-state index >= 15 is 0 Å². The van der Waals surface area contributed by atoms with E-state index in [9.17, 15) is 9.59 Å². The summed E-state index contributed by atoms with van der Waals surface area (Å²) in [6.07, 6.45) is 3.17. The van der Waals surface area contributed by atoms with Crippen LogP contribution < -0.4 is 5.32 Å². The Balaban J connectivity index is 1.69. The van der Waals surface area contributed by atoms with Crippen molar-refractivity contribution in [3.63, 3.8) is 0 Å². The Bertz CT molecular complexity index is 836. The second kappa shape index (κ2) is 7.93. The molecule has 0 unspecified atom stereocenters. The molecule has 0 bridgehead atoms. The molecule has 2 aromatic rings. The summed E-state index contributed by atoms with van der Waals surface area (Å²) in [4.78, 5) is 31.7. The van der Waals surface area contributed by atoms with E-state index in [4.69, 9.17) is 23.2 Å². The van der Waals surface area contributed by atoms with Gasteiger partial charge in [-0.1, -0.05) is 23.2 Å². The second-order valence-electron chi connectivity index (χ2n) is 6.01.